The number of nitrogen functional groups attached to an aromatic ring is 1. The van der Waals surface area contributed by atoms with Crippen LogP contribution in [-0.4, -0.2) is 23.9 Å². The lowest BCUT2D eigenvalue weighted by atomic mass is 10.1. The van der Waals surface area contributed by atoms with E-state index in [1.165, 1.54) is 0 Å². The molecule has 1 amide bonds. The summed E-state index contributed by atoms with van der Waals surface area (Å²) < 4.78 is 0. The fourth-order valence-corrected chi connectivity index (χ4v) is 1.77. The van der Waals surface area contributed by atoms with Crippen molar-refractivity contribution in [1.82, 2.24) is 4.90 Å². The van der Waals surface area contributed by atoms with Gasteiger partial charge in [0.1, 0.15) is 0 Å². The van der Waals surface area contributed by atoms with Gasteiger partial charge in [-0.25, -0.2) is 0 Å². The van der Waals surface area contributed by atoms with E-state index in [9.17, 15) is 4.79 Å². The summed E-state index contributed by atoms with van der Waals surface area (Å²) in [4.78, 5) is 14.0. The highest BCUT2D eigenvalue weighted by molar-refractivity contribution is 6.33. The van der Waals surface area contributed by atoms with Gasteiger partial charge in [0.05, 0.1) is 10.7 Å². The van der Waals surface area contributed by atoms with Crippen LogP contribution in [0.2, 0.25) is 5.02 Å². The van der Waals surface area contributed by atoms with Gasteiger partial charge in [-0.2, -0.15) is 0 Å². The molecule has 1 aromatic rings. The molecule has 94 valence electrons. The highest BCUT2D eigenvalue weighted by atomic mass is 35.5. The first kappa shape index (κ1) is 13.8. The molecule has 4 heteroatoms. The van der Waals surface area contributed by atoms with Crippen molar-refractivity contribution in [3.05, 3.63) is 28.8 Å². The Morgan fingerprint density at radius 3 is 2.59 bits per heavy atom. The van der Waals surface area contributed by atoms with Crippen LogP contribution in [0.5, 0.6) is 0 Å². The van der Waals surface area contributed by atoms with Gasteiger partial charge >= 0.3 is 0 Å². The van der Waals surface area contributed by atoms with Gasteiger partial charge in [0, 0.05) is 18.7 Å². The van der Waals surface area contributed by atoms with E-state index >= 15 is 0 Å². The minimum atomic E-state index is 0.00423. The van der Waals surface area contributed by atoms with Crippen molar-refractivity contribution in [3.63, 3.8) is 0 Å². The van der Waals surface area contributed by atoms with Crippen LogP contribution in [0.15, 0.2) is 18.2 Å². The Labute approximate surface area is 108 Å². The number of halogens is 1. The number of hydrogen-bond donors (Lipinski definition) is 1. The maximum absolute atomic E-state index is 12.2. The number of carbonyl (C=O) groups excluding carboxylic acids is 1. The molecule has 0 aliphatic rings. The van der Waals surface area contributed by atoms with Crippen LogP contribution < -0.4 is 5.73 Å². The van der Waals surface area contributed by atoms with E-state index in [4.69, 9.17) is 17.3 Å². The minimum absolute atomic E-state index is 0.00423. The molecule has 2 N–H and O–H groups in total. The molecule has 0 spiro atoms. The molecule has 0 fully saturated rings. The van der Waals surface area contributed by atoms with E-state index in [2.05, 4.69) is 13.8 Å². The number of carbonyl (C=O) groups is 1. The highest BCUT2D eigenvalue weighted by Crippen LogP contribution is 2.20. The fraction of sp³-hybridized carbons (Fsp3) is 0.462. The van der Waals surface area contributed by atoms with Gasteiger partial charge in [-0.3, -0.25) is 4.79 Å². The molecule has 0 bridgehead atoms. The van der Waals surface area contributed by atoms with Gasteiger partial charge in [0.15, 0.2) is 0 Å². The van der Waals surface area contributed by atoms with Crippen molar-refractivity contribution in [2.75, 3.05) is 18.8 Å². The smallest absolute Gasteiger partial charge is 0.253 e. The Hall–Kier alpha value is -1.22. The zero-order valence-electron chi connectivity index (χ0n) is 10.5. The highest BCUT2D eigenvalue weighted by Gasteiger charge is 2.15. The molecule has 0 saturated heterocycles. The summed E-state index contributed by atoms with van der Waals surface area (Å²) in [5, 5.41) is 0.480. The third kappa shape index (κ3) is 3.63. The van der Waals surface area contributed by atoms with E-state index in [0.29, 0.717) is 28.7 Å². The maximum Gasteiger partial charge on any atom is 0.253 e. The van der Waals surface area contributed by atoms with Crippen LogP contribution in [0.25, 0.3) is 0 Å². The van der Waals surface area contributed by atoms with Gasteiger partial charge < -0.3 is 10.6 Å². The van der Waals surface area contributed by atoms with Crippen LogP contribution in [0.3, 0.4) is 0 Å². The lowest BCUT2D eigenvalue weighted by Gasteiger charge is -2.23. The van der Waals surface area contributed by atoms with E-state index in [-0.39, 0.29) is 5.91 Å². The van der Waals surface area contributed by atoms with Crippen molar-refractivity contribution in [1.29, 1.82) is 0 Å². The van der Waals surface area contributed by atoms with Crippen LogP contribution >= 0.6 is 11.6 Å². The van der Waals surface area contributed by atoms with Gasteiger partial charge in [0.2, 0.25) is 0 Å². The summed E-state index contributed by atoms with van der Waals surface area (Å²) in [6, 6.07) is 5.00. The largest absolute Gasteiger partial charge is 0.398 e. The van der Waals surface area contributed by atoms with E-state index in [1.807, 2.05) is 11.8 Å². The normalized spacial score (nSPS) is 10.6. The molecule has 0 aliphatic carbocycles. The second kappa shape index (κ2) is 5.92. The second-order valence-corrected chi connectivity index (χ2v) is 4.88. The molecule has 0 atom stereocenters. The van der Waals surface area contributed by atoms with Crippen LogP contribution in [0.4, 0.5) is 5.69 Å². The molecule has 3 nitrogen and oxygen atoms in total. The molecular formula is C13H19ClN2O. The first-order valence-electron chi connectivity index (χ1n) is 5.80. The summed E-state index contributed by atoms with van der Waals surface area (Å²) in [5.74, 6) is 0.452. The van der Waals surface area contributed by atoms with Gasteiger partial charge in [0.25, 0.3) is 5.91 Å². The monoisotopic (exact) mass is 254 g/mol. The van der Waals surface area contributed by atoms with Gasteiger partial charge in [-0.15, -0.1) is 0 Å². The molecular weight excluding hydrogens is 236 g/mol. The zero-order chi connectivity index (χ0) is 13.0. The van der Waals surface area contributed by atoms with Crippen molar-refractivity contribution >= 4 is 23.2 Å². The number of hydrogen-bond acceptors (Lipinski definition) is 2. The molecule has 0 aromatic heterocycles. The topological polar surface area (TPSA) is 46.3 Å². The first-order valence-corrected chi connectivity index (χ1v) is 6.17. The molecule has 1 rings (SSSR count). The number of anilines is 1. The molecule has 0 unspecified atom stereocenters. The average molecular weight is 255 g/mol. The Morgan fingerprint density at radius 2 is 2.12 bits per heavy atom. The summed E-state index contributed by atoms with van der Waals surface area (Å²) in [7, 11) is 0. The van der Waals surface area contributed by atoms with Gasteiger partial charge in [-0.1, -0.05) is 25.4 Å². The van der Waals surface area contributed by atoms with Crippen molar-refractivity contribution in [2.24, 2.45) is 5.92 Å². The number of nitrogens with two attached hydrogens (primary N) is 1. The van der Waals surface area contributed by atoms with E-state index < -0.39 is 0 Å². The molecule has 0 aliphatic heterocycles. The lowest BCUT2D eigenvalue weighted by molar-refractivity contribution is 0.0746. The van der Waals surface area contributed by atoms with Crippen LogP contribution in [0.1, 0.15) is 31.1 Å². The second-order valence-electron chi connectivity index (χ2n) is 4.47. The predicted octanol–water partition coefficient (Wildman–Crippen LogP) is 3.04. The van der Waals surface area contributed by atoms with Crippen LogP contribution in [0, 0.1) is 5.92 Å². The number of nitrogens with zero attached hydrogens (tertiary/aromatic N) is 1. The quantitative estimate of drug-likeness (QED) is 0.840. The summed E-state index contributed by atoms with van der Waals surface area (Å²) in [6.07, 6.45) is 0. The van der Waals surface area contributed by atoms with E-state index in [0.717, 1.165) is 6.54 Å². The number of benzene rings is 1. The SMILES string of the molecule is CCN(CC(C)C)C(=O)c1ccc(Cl)c(N)c1. The zero-order valence-corrected chi connectivity index (χ0v) is 11.3. The molecule has 17 heavy (non-hydrogen) atoms. The first-order chi connectivity index (χ1) is 7.95. The van der Waals surface area contributed by atoms with Crippen molar-refractivity contribution < 1.29 is 4.79 Å². The van der Waals surface area contributed by atoms with Crippen LogP contribution in [-0.2, 0) is 0 Å². The third-order valence-electron chi connectivity index (χ3n) is 2.50. The maximum atomic E-state index is 12.2. The standard InChI is InChI=1S/C13H19ClN2O/c1-4-16(8-9(2)3)13(17)10-5-6-11(14)12(15)7-10/h5-7,9H,4,8,15H2,1-3H3. The third-order valence-corrected chi connectivity index (χ3v) is 2.84. The summed E-state index contributed by atoms with van der Waals surface area (Å²) in [5.41, 5.74) is 6.73. The Kier molecular flexibility index (Phi) is 4.82. The Morgan fingerprint density at radius 1 is 1.47 bits per heavy atom. The molecule has 1 aromatic carbocycles. The minimum Gasteiger partial charge on any atom is -0.398 e. The van der Waals surface area contributed by atoms with Crippen molar-refractivity contribution in [2.45, 2.75) is 20.8 Å². The molecule has 0 radical (unpaired) electrons. The molecule has 0 saturated carbocycles. The Bertz CT molecular complexity index is 404. The number of amides is 1. The Balaban J connectivity index is 2.90. The predicted molar refractivity (Wildman–Crippen MR) is 72.3 cm³/mol. The molecule has 0 heterocycles. The number of rotatable bonds is 4. The summed E-state index contributed by atoms with van der Waals surface area (Å²) >= 11 is 5.83. The lowest BCUT2D eigenvalue weighted by Crippen LogP contribution is -2.34. The van der Waals surface area contributed by atoms with Gasteiger partial charge in [-0.05, 0) is 31.0 Å². The summed E-state index contributed by atoms with van der Waals surface area (Å²) in [6.45, 7) is 7.59. The fourth-order valence-electron chi connectivity index (χ4n) is 1.66. The van der Waals surface area contributed by atoms with Crippen molar-refractivity contribution in [3.8, 4) is 0 Å². The van der Waals surface area contributed by atoms with E-state index in [1.54, 1.807) is 18.2 Å². The average Bonchev–Trinajstić information content (AvgIpc) is 2.28.